The van der Waals surface area contributed by atoms with Gasteiger partial charge in [-0.25, -0.2) is 0 Å². The molecule has 0 saturated carbocycles. The maximum atomic E-state index is 12.1. The average molecular weight is 276 g/mol. The van der Waals surface area contributed by atoms with Crippen molar-refractivity contribution in [2.45, 2.75) is 26.7 Å². The molecule has 1 unspecified atom stereocenters. The zero-order valence-electron chi connectivity index (χ0n) is 12.4. The lowest BCUT2D eigenvalue weighted by Gasteiger charge is -2.38. The van der Waals surface area contributed by atoms with Gasteiger partial charge < -0.3 is 10.4 Å². The summed E-state index contributed by atoms with van der Waals surface area (Å²) in [7, 11) is 0. The van der Waals surface area contributed by atoms with Crippen molar-refractivity contribution in [3.63, 3.8) is 0 Å². The average Bonchev–Trinajstić information content (AvgIpc) is 2.38. The molecule has 0 aliphatic carbocycles. The third-order valence-electron chi connectivity index (χ3n) is 3.91. The number of hydrogen-bond donors (Lipinski definition) is 2. The van der Waals surface area contributed by atoms with E-state index in [0.29, 0.717) is 6.54 Å². The van der Waals surface area contributed by atoms with E-state index in [9.17, 15) is 9.90 Å². The molecule has 1 heterocycles. The van der Waals surface area contributed by atoms with Crippen molar-refractivity contribution in [2.24, 2.45) is 5.41 Å². The molecule has 1 fully saturated rings. The highest BCUT2D eigenvalue weighted by molar-refractivity contribution is 5.92. The summed E-state index contributed by atoms with van der Waals surface area (Å²) < 4.78 is 0. The van der Waals surface area contributed by atoms with Gasteiger partial charge in [0.1, 0.15) is 0 Å². The molecule has 0 radical (unpaired) electrons. The predicted octanol–water partition coefficient (Wildman–Crippen LogP) is 2.03. The summed E-state index contributed by atoms with van der Waals surface area (Å²) in [6.07, 6.45) is 2.06. The van der Waals surface area contributed by atoms with Crippen LogP contribution in [0, 0.1) is 12.3 Å². The molecular formula is C16H24N2O2. The number of rotatable bonds is 4. The highest BCUT2D eigenvalue weighted by Gasteiger charge is 2.30. The Morgan fingerprint density at radius 3 is 3.00 bits per heavy atom. The van der Waals surface area contributed by atoms with Gasteiger partial charge in [-0.3, -0.25) is 9.69 Å². The van der Waals surface area contributed by atoms with Gasteiger partial charge >= 0.3 is 0 Å². The van der Waals surface area contributed by atoms with E-state index in [2.05, 4.69) is 17.1 Å². The maximum absolute atomic E-state index is 12.1. The Balaban J connectivity index is 1.88. The van der Waals surface area contributed by atoms with Crippen molar-refractivity contribution >= 4 is 11.6 Å². The lowest BCUT2D eigenvalue weighted by atomic mass is 9.83. The SMILES string of the molecule is Cc1cccc(NC(=O)CN2CCCC(C)(CO)C2)c1. The number of nitrogens with zero attached hydrogens (tertiary/aromatic N) is 1. The standard InChI is InChI=1S/C16H24N2O2/c1-13-5-3-6-14(9-13)17-15(20)10-18-8-4-7-16(2,11-18)12-19/h3,5-6,9,19H,4,7-8,10-12H2,1-2H3,(H,17,20). The Morgan fingerprint density at radius 2 is 2.30 bits per heavy atom. The number of carbonyl (C=O) groups excluding carboxylic acids is 1. The first kappa shape index (κ1) is 15.0. The number of piperidine rings is 1. The third-order valence-corrected chi connectivity index (χ3v) is 3.91. The van der Waals surface area contributed by atoms with E-state index in [0.717, 1.165) is 37.2 Å². The highest BCUT2D eigenvalue weighted by Crippen LogP contribution is 2.28. The van der Waals surface area contributed by atoms with Gasteiger partial charge in [-0.15, -0.1) is 0 Å². The van der Waals surface area contributed by atoms with Crippen molar-refractivity contribution in [2.75, 3.05) is 31.6 Å². The first-order chi connectivity index (χ1) is 9.50. The fourth-order valence-electron chi connectivity index (χ4n) is 2.82. The summed E-state index contributed by atoms with van der Waals surface area (Å²) in [5.74, 6) is 0.0118. The maximum Gasteiger partial charge on any atom is 0.238 e. The van der Waals surface area contributed by atoms with E-state index in [-0.39, 0.29) is 17.9 Å². The topological polar surface area (TPSA) is 52.6 Å². The number of aliphatic hydroxyl groups is 1. The number of aliphatic hydroxyl groups excluding tert-OH is 1. The second-order valence-electron chi connectivity index (χ2n) is 6.20. The molecule has 4 heteroatoms. The molecule has 1 aliphatic heterocycles. The molecule has 0 aromatic heterocycles. The predicted molar refractivity (Wildman–Crippen MR) is 80.7 cm³/mol. The molecule has 2 rings (SSSR count). The largest absolute Gasteiger partial charge is 0.396 e. The van der Waals surface area contributed by atoms with Crippen molar-refractivity contribution in [1.82, 2.24) is 4.90 Å². The minimum Gasteiger partial charge on any atom is -0.396 e. The highest BCUT2D eigenvalue weighted by atomic mass is 16.3. The Bertz CT molecular complexity index is 475. The van der Waals surface area contributed by atoms with Crippen LogP contribution in [0.5, 0.6) is 0 Å². The zero-order chi connectivity index (χ0) is 14.6. The molecule has 1 amide bonds. The van der Waals surface area contributed by atoms with Gasteiger partial charge in [0.05, 0.1) is 6.54 Å². The summed E-state index contributed by atoms with van der Waals surface area (Å²) in [6, 6.07) is 7.81. The van der Waals surface area contributed by atoms with Crippen LogP contribution in [0.3, 0.4) is 0 Å². The van der Waals surface area contributed by atoms with Gasteiger partial charge in [-0.2, -0.15) is 0 Å². The first-order valence-corrected chi connectivity index (χ1v) is 7.20. The monoisotopic (exact) mass is 276 g/mol. The lowest BCUT2D eigenvalue weighted by Crippen LogP contribution is -2.46. The number of amides is 1. The normalized spacial score (nSPS) is 23.6. The minimum atomic E-state index is -0.0676. The zero-order valence-corrected chi connectivity index (χ0v) is 12.4. The number of carbonyl (C=O) groups is 1. The van der Waals surface area contributed by atoms with Crippen molar-refractivity contribution in [3.8, 4) is 0 Å². The van der Waals surface area contributed by atoms with E-state index < -0.39 is 0 Å². The molecule has 110 valence electrons. The molecule has 2 N–H and O–H groups in total. The minimum absolute atomic E-state index is 0.0118. The van der Waals surface area contributed by atoms with Gasteiger partial charge in [-0.1, -0.05) is 19.1 Å². The molecule has 1 aromatic rings. The van der Waals surface area contributed by atoms with Crippen molar-refractivity contribution in [1.29, 1.82) is 0 Å². The summed E-state index contributed by atoms with van der Waals surface area (Å²) in [4.78, 5) is 14.2. The van der Waals surface area contributed by atoms with Gasteiger partial charge in [0.25, 0.3) is 0 Å². The molecule has 1 aliphatic rings. The number of aryl methyl sites for hydroxylation is 1. The van der Waals surface area contributed by atoms with E-state index in [1.54, 1.807) is 0 Å². The van der Waals surface area contributed by atoms with Crippen LogP contribution in [0.2, 0.25) is 0 Å². The fourth-order valence-corrected chi connectivity index (χ4v) is 2.82. The fraction of sp³-hybridized carbons (Fsp3) is 0.562. The van der Waals surface area contributed by atoms with E-state index in [1.165, 1.54) is 0 Å². The van der Waals surface area contributed by atoms with Crippen molar-refractivity contribution in [3.05, 3.63) is 29.8 Å². The molecule has 1 aromatic carbocycles. The summed E-state index contributed by atoms with van der Waals surface area (Å²) in [5, 5.41) is 12.4. The molecule has 0 bridgehead atoms. The molecule has 20 heavy (non-hydrogen) atoms. The van der Waals surface area contributed by atoms with Crippen LogP contribution < -0.4 is 5.32 Å². The van der Waals surface area contributed by atoms with Crippen LogP contribution in [-0.4, -0.2) is 42.2 Å². The van der Waals surface area contributed by atoms with Crippen LogP contribution in [0.1, 0.15) is 25.3 Å². The van der Waals surface area contributed by atoms with Crippen LogP contribution in [0.25, 0.3) is 0 Å². The molecule has 1 saturated heterocycles. The third kappa shape index (κ3) is 4.05. The second kappa shape index (κ2) is 6.37. The summed E-state index contributed by atoms with van der Waals surface area (Å²) in [5.41, 5.74) is 1.91. The quantitative estimate of drug-likeness (QED) is 0.884. The van der Waals surface area contributed by atoms with Gasteiger partial charge in [0, 0.05) is 24.3 Å². The molecule has 4 nitrogen and oxygen atoms in total. The van der Waals surface area contributed by atoms with Crippen LogP contribution in [-0.2, 0) is 4.79 Å². The van der Waals surface area contributed by atoms with Crippen LogP contribution in [0.15, 0.2) is 24.3 Å². The second-order valence-corrected chi connectivity index (χ2v) is 6.20. The summed E-state index contributed by atoms with van der Waals surface area (Å²) in [6.45, 7) is 6.37. The Labute approximate surface area is 120 Å². The number of anilines is 1. The van der Waals surface area contributed by atoms with Crippen LogP contribution >= 0.6 is 0 Å². The van der Waals surface area contributed by atoms with Gasteiger partial charge in [-0.05, 0) is 44.0 Å². The summed E-state index contributed by atoms with van der Waals surface area (Å²) >= 11 is 0. The van der Waals surface area contributed by atoms with E-state index in [1.807, 2.05) is 31.2 Å². The Kier molecular flexibility index (Phi) is 4.78. The number of likely N-dealkylation sites (tertiary alicyclic amines) is 1. The van der Waals surface area contributed by atoms with E-state index >= 15 is 0 Å². The van der Waals surface area contributed by atoms with Crippen molar-refractivity contribution < 1.29 is 9.90 Å². The Hall–Kier alpha value is -1.39. The molecule has 1 atom stereocenters. The molecular weight excluding hydrogens is 252 g/mol. The van der Waals surface area contributed by atoms with Gasteiger partial charge in [0.2, 0.25) is 5.91 Å². The number of hydrogen-bond acceptors (Lipinski definition) is 3. The van der Waals surface area contributed by atoms with Crippen LogP contribution in [0.4, 0.5) is 5.69 Å². The van der Waals surface area contributed by atoms with E-state index in [4.69, 9.17) is 0 Å². The number of nitrogens with one attached hydrogen (secondary N) is 1. The molecule has 0 spiro atoms. The lowest BCUT2D eigenvalue weighted by molar-refractivity contribution is -0.118. The Morgan fingerprint density at radius 1 is 1.50 bits per heavy atom. The van der Waals surface area contributed by atoms with Gasteiger partial charge in [0.15, 0.2) is 0 Å². The smallest absolute Gasteiger partial charge is 0.238 e. The number of benzene rings is 1. The first-order valence-electron chi connectivity index (χ1n) is 7.20.